The lowest BCUT2D eigenvalue weighted by Crippen LogP contribution is -2.35. The van der Waals surface area contributed by atoms with Gasteiger partial charge in [0.05, 0.1) is 19.9 Å². The smallest absolute Gasteiger partial charge is 0.296 e. The lowest BCUT2D eigenvalue weighted by Gasteiger charge is -2.24. The van der Waals surface area contributed by atoms with E-state index in [0.29, 0.717) is 26.0 Å². The molecule has 1 heterocycles. The van der Waals surface area contributed by atoms with Crippen LogP contribution in [0.1, 0.15) is 13.3 Å². The fourth-order valence-electron chi connectivity index (χ4n) is 1.74. The molecule has 2 N–H and O–H groups in total. The molecule has 0 bridgehead atoms. The van der Waals surface area contributed by atoms with Crippen LogP contribution in [0.3, 0.4) is 0 Å². The summed E-state index contributed by atoms with van der Waals surface area (Å²) in [6.07, 6.45) is 2.00. The van der Waals surface area contributed by atoms with E-state index in [1.807, 2.05) is 6.92 Å². The molecule has 1 saturated heterocycles. The van der Waals surface area contributed by atoms with Crippen molar-refractivity contribution in [3.8, 4) is 0 Å². The van der Waals surface area contributed by atoms with Crippen molar-refractivity contribution in [1.82, 2.24) is 0 Å². The second kappa shape index (κ2) is 6.95. The highest BCUT2D eigenvalue weighted by atomic mass is 17.2. The van der Waals surface area contributed by atoms with Crippen molar-refractivity contribution in [3.63, 3.8) is 0 Å². The van der Waals surface area contributed by atoms with E-state index < -0.39 is 0 Å². The van der Waals surface area contributed by atoms with Crippen LogP contribution in [0, 0.1) is 5.92 Å². The summed E-state index contributed by atoms with van der Waals surface area (Å²) in [4.78, 5) is 21.2. The largest absolute Gasteiger partial charge is 0.424 e. The van der Waals surface area contributed by atoms with Gasteiger partial charge >= 0.3 is 0 Å². The third-order valence-electron chi connectivity index (χ3n) is 2.52. The molecule has 1 aliphatic rings. The summed E-state index contributed by atoms with van der Waals surface area (Å²) in [5.41, 5.74) is 5.30. The van der Waals surface area contributed by atoms with Crippen LogP contribution in [0.15, 0.2) is 0 Å². The fraction of sp³-hybridized carbons (Fsp3) is 0.889. The minimum atomic E-state index is -0.109. The van der Waals surface area contributed by atoms with Crippen molar-refractivity contribution in [2.45, 2.75) is 26.0 Å². The summed E-state index contributed by atoms with van der Waals surface area (Å²) < 4.78 is 5.30. The highest BCUT2D eigenvalue weighted by Gasteiger charge is 2.32. The summed E-state index contributed by atoms with van der Waals surface area (Å²) in [7, 11) is 0. The first-order valence-electron chi connectivity index (χ1n) is 5.36. The molecule has 0 aromatic rings. The molecule has 5 nitrogen and oxygen atoms in total. The van der Waals surface area contributed by atoms with Gasteiger partial charge in [-0.25, -0.2) is 9.78 Å². The Morgan fingerprint density at radius 2 is 2.33 bits per heavy atom. The molecule has 0 saturated carbocycles. The zero-order valence-corrected chi connectivity index (χ0v) is 9.11. The van der Waals surface area contributed by atoms with Gasteiger partial charge in [-0.05, 0) is 19.6 Å². The number of carbonyl (C=O) groups excluding carboxylic acids is 1. The molecule has 0 aromatic carbocycles. The zero-order chi connectivity index (χ0) is 11.1. The predicted octanol–water partition coefficient (Wildman–Crippen LogP) is 0.468. The Balaban J connectivity index is 2.29. The number of hydrogen-bond acceptors (Lipinski definition) is 5. The maximum absolute atomic E-state index is 11.5. The summed E-state index contributed by atoms with van der Waals surface area (Å²) in [6.45, 7) is 2.93. The SMILES string of the molecule is CCOOCC1CB(OCN)CCC1=O. The molecular weight excluding hydrogens is 197 g/mol. The van der Waals surface area contributed by atoms with Crippen LogP contribution >= 0.6 is 0 Å². The Kier molecular flexibility index (Phi) is 5.86. The number of hydrogen-bond donors (Lipinski definition) is 1. The minimum absolute atomic E-state index is 0.0860. The molecule has 1 rings (SSSR count). The lowest BCUT2D eigenvalue weighted by molar-refractivity contribution is -0.295. The van der Waals surface area contributed by atoms with Crippen molar-refractivity contribution in [2.24, 2.45) is 11.7 Å². The van der Waals surface area contributed by atoms with Crippen molar-refractivity contribution in [2.75, 3.05) is 19.9 Å². The van der Waals surface area contributed by atoms with E-state index >= 15 is 0 Å². The second-order valence-corrected chi connectivity index (χ2v) is 3.58. The van der Waals surface area contributed by atoms with Gasteiger partial charge in [-0.15, -0.1) is 0 Å². The molecule has 0 aromatic heterocycles. The monoisotopic (exact) mass is 215 g/mol. The lowest BCUT2D eigenvalue weighted by atomic mass is 9.52. The Bertz CT molecular complexity index is 203. The molecule has 86 valence electrons. The minimum Gasteiger partial charge on any atom is -0.424 e. The first-order chi connectivity index (χ1) is 7.27. The molecule has 0 radical (unpaired) electrons. The van der Waals surface area contributed by atoms with Gasteiger partial charge in [-0.3, -0.25) is 4.79 Å². The van der Waals surface area contributed by atoms with Gasteiger partial charge in [-0.2, -0.15) is 0 Å². The summed E-state index contributed by atoms with van der Waals surface area (Å²) >= 11 is 0. The van der Waals surface area contributed by atoms with Crippen LogP contribution in [0.4, 0.5) is 0 Å². The molecular formula is C9H18BNO4. The van der Waals surface area contributed by atoms with Crippen molar-refractivity contribution < 1.29 is 19.2 Å². The maximum atomic E-state index is 11.5. The number of Topliss-reactive ketones (excluding diaryl/α,β-unsaturated/α-hetero) is 1. The van der Waals surface area contributed by atoms with Gasteiger partial charge in [0.25, 0.3) is 6.92 Å². The molecule has 1 unspecified atom stereocenters. The standard InChI is InChI=1S/C9H18BNO4/c1-2-14-15-6-8-5-10(13-7-11)4-3-9(8)12/h8H,2-7,11H2,1H3. The van der Waals surface area contributed by atoms with Crippen LogP contribution in [0.5, 0.6) is 0 Å². The molecule has 6 heteroatoms. The van der Waals surface area contributed by atoms with Gasteiger partial charge < -0.3 is 10.4 Å². The number of carbonyl (C=O) groups is 1. The molecule has 0 aliphatic carbocycles. The fourth-order valence-corrected chi connectivity index (χ4v) is 1.74. The molecule has 0 spiro atoms. The van der Waals surface area contributed by atoms with Crippen molar-refractivity contribution >= 4 is 12.7 Å². The van der Waals surface area contributed by atoms with Crippen LogP contribution < -0.4 is 5.73 Å². The van der Waals surface area contributed by atoms with E-state index in [1.54, 1.807) is 0 Å². The van der Waals surface area contributed by atoms with Gasteiger partial charge in [-0.1, -0.05) is 0 Å². The third-order valence-corrected chi connectivity index (χ3v) is 2.52. The number of rotatable bonds is 6. The quantitative estimate of drug-likeness (QED) is 0.229. The third kappa shape index (κ3) is 4.30. The van der Waals surface area contributed by atoms with Gasteiger partial charge in [0, 0.05) is 12.3 Å². The van der Waals surface area contributed by atoms with E-state index in [1.165, 1.54) is 0 Å². The molecule has 15 heavy (non-hydrogen) atoms. The highest BCUT2D eigenvalue weighted by molar-refractivity contribution is 6.53. The highest BCUT2D eigenvalue weighted by Crippen LogP contribution is 2.23. The predicted molar refractivity (Wildman–Crippen MR) is 56.2 cm³/mol. The van der Waals surface area contributed by atoms with Crippen molar-refractivity contribution in [3.05, 3.63) is 0 Å². The van der Waals surface area contributed by atoms with E-state index in [0.717, 1.165) is 6.32 Å². The van der Waals surface area contributed by atoms with E-state index in [4.69, 9.17) is 20.2 Å². The van der Waals surface area contributed by atoms with Crippen LogP contribution in [-0.4, -0.2) is 32.6 Å². The van der Waals surface area contributed by atoms with Gasteiger partial charge in [0.2, 0.25) is 0 Å². The van der Waals surface area contributed by atoms with E-state index in [2.05, 4.69) is 0 Å². The maximum Gasteiger partial charge on any atom is 0.296 e. The number of ketones is 1. The summed E-state index contributed by atoms with van der Waals surface area (Å²) in [5.74, 6) is 0.119. The topological polar surface area (TPSA) is 70.8 Å². The molecule has 1 aliphatic heterocycles. The van der Waals surface area contributed by atoms with Crippen molar-refractivity contribution in [1.29, 1.82) is 0 Å². The van der Waals surface area contributed by atoms with Crippen LogP contribution in [-0.2, 0) is 19.2 Å². The summed E-state index contributed by atoms with van der Waals surface area (Å²) in [6, 6.07) is 0. The molecule has 1 atom stereocenters. The van der Waals surface area contributed by atoms with Gasteiger partial charge in [0.15, 0.2) is 0 Å². The second-order valence-electron chi connectivity index (χ2n) is 3.58. The Morgan fingerprint density at radius 3 is 3.00 bits per heavy atom. The van der Waals surface area contributed by atoms with Crippen LogP contribution in [0.2, 0.25) is 12.6 Å². The average molecular weight is 215 g/mol. The molecule has 0 amide bonds. The van der Waals surface area contributed by atoms with E-state index in [9.17, 15) is 4.79 Å². The van der Waals surface area contributed by atoms with Gasteiger partial charge in [0.1, 0.15) is 5.78 Å². The molecule has 1 fully saturated rings. The zero-order valence-electron chi connectivity index (χ0n) is 9.11. The number of nitrogens with two attached hydrogens (primary N) is 1. The normalized spacial score (nSPS) is 22.1. The Hall–Kier alpha value is -0.425. The Labute approximate surface area is 90.3 Å². The van der Waals surface area contributed by atoms with Crippen LogP contribution in [0.25, 0.3) is 0 Å². The first-order valence-corrected chi connectivity index (χ1v) is 5.36. The summed E-state index contributed by atoms with van der Waals surface area (Å²) in [5, 5.41) is 0. The Morgan fingerprint density at radius 1 is 1.53 bits per heavy atom. The van der Waals surface area contributed by atoms with E-state index in [-0.39, 0.29) is 25.3 Å². The average Bonchev–Trinajstić information content (AvgIpc) is 2.23. The first kappa shape index (κ1) is 12.6.